The van der Waals surface area contributed by atoms with E-state index in [1.165, 1.54) is 12.1 Å². The summed E-state index contributed by atoms with van der Waals surface area (Å²) in [5.74, 6) is -5.17. The number of non-ortho nitro benzene ring substituents is 1. The van der Waals surface area contributed by atoms with Crippen LogP contribution in [0.4, 0.5) is 10.5 Å². The molecule has 3 aromatic rings. The van der Waals surface area contributed by atoms with Gasteiger partial charge < -0.3 is 45.9 Å². The minimum Gasteiger partial charge on any atom is -0.461 e. The second-order valence-corrected chi connectivity index (χ2v) is 11.2. The van der Waals surface area contributed by atoms with Crippen LogP contribution >= 0.6 is 0 Å². The highest BCUT2D eigenvalue weighted by molar-refractivity contribution is 5.93. The van der Waals surface area contributed by atoms with Crippen LogP contribution in [0, 0.1) is 10.1 Å². The smallest absolute Gasteiger partial charge is 0.408 e. The molecule has 0 aromatic heterocycles. The Balaban J connectivity index is 1.43. The summed E-state index contributed by atoms with van der Waals surface area (Å²) in [5.41, 5.74) is 1.21. The molecule has 0 saturated carbocycles. The van der Waals surface area contributed by atoms with Gasteiger partial charge in [-0.3, -0.25) is 34.1 Å². The van der Waals surface area contributed by atoms with Crippen LogP contribution in [0.25, 0.3) is 0 Å². The van der Waals surface area contributed by atoms with Gasteiger partial charge in [0.2, 0.25) is 23.6 Å². The summed E-state index contributed by atoms with van der Waals surface area (Å²) in [6.07, 6.45) is -1.43. The van der Waals surface area contributed by atoms with Crippen LogP contribution in [0.15, 0.2) is 84.9 Å². The molecule has 54 heavy (non-hydrogen) atoms. The van der Waals surface area contributed by atoms with Crippen molar-refractivity contribution >= 4 is 47.3 Å². The molecule has 0 heterocycles. The summed E-state index contributed by atoms with van der Waals surface area (Å²) in [5, 5.41) is 31.5. The van der Waals surface area contributed by atoms with E-state index in [1.54, 1.807) is 60.7 Å². The molecule has 0 fully saturated rings. The fraction of sp³-hybridized carbons (Fsp3) is 0.286. The number of hydrogen-bond acceptors (Lipinski definition) is 13. The van der Waals surface area contributed by atoms with Crippen molar-refractivity contribution < 1.29 is 57.8 Å². The number of carbonyl (C=O) groups is 7. The van der Waals surface area contributed by atoms with Crippen LogP contribution in [0.1, 0.15) is 24.0 Å². The standard InChI is InChI=1S/C35H38N6O13/c42-20-28(34(48)38-19-32(46)54-26-13-11-25(12-14-26)41(50)51)39-30(44)18-36-29(43)17-37-33(47)27(40-35(49)53-22-24-9-5-2-6-10-24)15-16-31(45)52-21-23-7-3-1-4-8-23/h1-14,27-28,42H,15-22H2,(H,36,43)(H,37,47)(H,38,48)(H,39,44)(H,40,49)/t27-,28-/m0/s1. The average molecular weight is 751 g/mol. The molecule has 0 bridgehead atoms. The lowest BCUT2D eigenvalue weighted by Crippen LogP contribution is -2.53. The molecule has 286 valence electrons. The Bertz CT molecular complexity index is 1760. The molecule has 0 aliphatic rings. The molecule has 5 amide bonds. The van der Waals surface area contributed by atoms with E-state index in [0.29, 0.717) is 5.56 Å². The molecule has 0 aliphatic carbocycles. The molecule has 0 unspecified atom stereocenters. The molecule has 2 atom stereocenters. The van der Waals surface area contributed by atoms with Crippen molar-refractivity contribution in [3.8, 4) is 5.75 Å². The lowest BCUT2D eigenvalue weighted by atomic mass is 10.1. The zero-order valence-electron chi connectivity index (χ0n) is 28.7. The van der Waals surface area contributed by atoms with Gasteiger partial charge in [-0.2, -0.15) is 0 Å². The van der Waals surface area contributed by atoms with E-state index in [4.69, 9.17) is 14.2 Å². The average Bonchev–Trinajstić information content (AvgIpc) is 3.18. The number of nitrogens with one attached hydrogen (secondary N) is 5. The van der Waals surface area contributed by atoms with Gasteiger partial charge in [-0.25, -0.2) is 9.59 Å². The number of alkyl carbamates (subject to hydrolysis) is 1. The van der Waals surface area contributed by atoms with Crippen molar-refractivity contribution in [1.82, 2.24) is 26.6 Å². The van der Waals surface area contributed by atoms with Gasteiger partial charge in [0.25, 0.3) is 5.69 Å². The van der Waals surface area contributed by atoms with Crippen LogP contribution in [0.3, 0.4) is 0 Å². The van der Waals surface area contributed by atoms with Gasteiger partial charge in [0, 0.05) is 18.6 Å². The second-order valence-electron chi connectivity index (χ2n) is 11.2. The van der Waals surface area contributed by atoms with Crippen LogP contribution in [0.5, 0.6) is 5.75 Å². The number of rotatable bonds is 20. The second kappa shape index (κ2) is 22.1. The van der Waals surface area contributed by atoms with Crippen molar-refractivity contribution in [1.29, 1.82) is 0 Å². The molecule has 3 aromatic carbocycles. The van der Waals surface area contributed by atoms with E-state index < -0.39 is 84.9 Å². The minimum absolute atomic E-state index is 0.00131. The molecule has 6 N–H and O–H groups in total. The Morgan fingerprint density at radius 1 is 0.648 bits per heavy atom. The molecule has 0 radical (unpaired) electrons. The van der Waals surface area contributed by atoms with Crippen molar-refractivity contribution in [2.75, 3.05) is 26.2 Å². The van der Waals surface area contributed by atoms with Crippen LogP contribution in [-0.2, 0) is 51.5 Å². The summed E-state index contributed by atoms with van der Waals surface area (Å²) in [6.45, 7) is -2.97. The van der Waals surface area contributed by atoms with Crippen molar-refractivity contribution in [2.24, 2.45) is 0 Å². The predicted molar refractivity (Wildman–Crippen MR) is 186 cm³/mol. The quantitative estimate of drug-likeness (QED) is 0.0389. The Morgan fingerprint density at radius 2 is 1.20 bits per heavy atom. The Labute approximate surface area is 307 Å². The van der Waals surface area contributed by atoms with Gasteiger partial charge in [0.1, 0.15) is 37.6 Å². The van der Waals surface area contributed by atoms with E-state index in [2.05, 4.69) is 26.6 Å². The van der Waals surface area contributed by atoms with Gasteiger partial charge in [-0.15, -0.1) is 0 Å². The van der Waals surface area contributed by atoms with Gasteiger partial charge in [0.05, 0.1) is 24.6 Å². The maximum Gasteiger partial charge on any atom is 0.408 e. The maximum atomic E-state index is 13.0. The van der Waals surface area contributed by atoms with Crippen LogP contribution in [0.2, 0.25) is 0 Å². The Morgan fingerprint density at radius 3 is 1.80 bits per heavy atom. The first-order valence-electron chi connectivity index (χ1n) is 16.3. The summed E-state index contributed by atoms with van der Waals surface area (Å²) in [4.78, 5) is 97.1. The van der Waals surface area contributed by atoms with Crippen molar-refractivity contribution in [2.45, 2.75) is 38.1 Å². The van der Waals surface area contributed by atoms with E-state index in [-0.39, 0.29) is 37.5 Å². The van der Waals surface area contributed by atoms with E-state index >= 15 is 0 Å². The minimum atomic E-state index is -1.52. The first-order chi connectivity index (χ1) is 25.9. The molecule has 0 aliphatic heterocycles. The van der Waals surface area contributed by atoms with Gasteiger partial charge in [-0.05, 0) is 29.7 Å². The number of aliphatic hydroxyl groups excluding tert-OH is 1. The first-order valence-corrected chi connectivity index (χ1v) is 16.3. The summed E-state index contributed by atoms with van der Waals surface area (Å²) in [6, 6.07) is 19.4. The third-order valence-electron chi connectivity index (χ3n) is 7.09. The molecule has 19 nitrogen and oxygen atoms in total. The molecular weight excluding hydrogens is 712 g/mol. The highest BCUT2D eigenvalue weighted by Gasteiger charge is 2.25. The Kier molecular flexibility index (Phi) is 17.0. The zero-order valence-corrected chi connectivity index (χ0v) is 28.7. The number of carbonyl (C=O) groups excluding carboxylic acids is 7. The fourth-order valence-corrected chi connectivity index (χ4v) is 4.31. The maximum absolute atomic E-state index is 13.0. The number of esters is 2. The number of nitrogens with zero attached hydrogens (tertiary/aromatic N) is 1. The van der Waals surface area contributed by atoms with Crippen molar-refractivity contribution in [3.05, 3.63) is 106 Å². The highest BCUT2D eigenvalue weighted by atomic mass is 16.6. The SMILES string of the molecule is O=C(CNC(=O)[C@H](CCC(=O)OCc1ccccc1)NC(=O)OCc1ccccc1)NCC(=O)N[C@@H](CO)C(=O)NCC(=O)Oc1ccc([N+](=O)[O-])cc1. The molecule has 0 spiro atoms. The summed E-state index contributed by atoms with van der Waals surface area (Å²) >= 11 is 0. The van der Waals surface area contributed by atoms with E-state index in [1.807, 2.05) is 0 Å². The number of hydrogen-bond donors (Lipinski definition) is 6. The zero-order chi connectivity index (χ0) is 39.3. The van der Waals surface area contributed by atoms with Gasteiger partial charge in [-0.1, -0.05) is 60.7 Å². The van der Waals surface area contributed by atoms with Gasteiger partial charge >= 0.3 is 18.0 Å². The fourth-order valence-electron chi connectivity index (χ4n) is 4.31. The molecule has 3 rings (SSSR count). The van der Waals surface area contributed by atoms with Crippen molar-refractivity contribution in [3.63, 3.8) is 0 Å². The number of aliphatic hydroxyl groups is 1. The third-order valence-corrected chi connectivity index (χ3v) is 7.09. The van der Waals surface area contributed by atoms with E-state index in [0.717, 1.165) is 17.7 Å². The van der Waals surface area contributed by atoms with Crippen LogP contribution < -0.4 is 31.3 Å². The monoisotopic (exact) mass is 750 g/mol. The largest absolute Gasteiger partial charge is 0.461 e. The van der Waals surface area contributed by atoms with Crippen LogP contribution in [-0.4, -0.2) is 90.0 Å². The number of benzene rings is 3. The molecule has 0 saturated heterocycles. The van der Waals surface area contributed by atoms with E-state index in [9.17, 15) is 48.8 Å². The Hall–Kier alpha value is -6.89. The number of nitro groups is 1. The normalized spacial score (nSPS) is 11.4. The number of ether oxygens (including phenoxy) is 3. The lowest BCUT2D eigenvalue weighted by Gasteiger charge is -2.18. The third kappa shape index (κ3) is 15.6. The van der Waals surface area contributed by atoms with Gasteiger partial charge in [0.15, 0.2) is 0 Å². The first kappa shape index (κ1) is 41.5. The number of amides is 5. The highest BCUT2D eigenvalue weighted by Crippen LogP contribution is 2.17. The predicted octanol–water partition coefficient (Wildman–Crippen LogP) is 0.145. The molecule has 19 heteroatoms. The topological polar surface area (TPSA) is 271 Å². The summed E-state index contributed by atoms with van der Waals surface area (Å²) < 4.78 is 15.4. The number of nitro benzene ring substituents is 1. The molecular formula is C35H38N6O13. The summed E-state index contributed by atoms with van der Waals surface area (Å²) in [7, 11) is 0. The lowest BCUT2D eigenvalue weighted by molar-refractivity contribution is -0.384.